The third kappa shape index (κ3) is 3.59. The van der Waals surface area contributed by atoms with Gasteiger partial charge in [-0.1, -0.05) is 6.07 Å². The fourth-order valence-corrected chi connectivity index (χ4v) is 4.05. The van der Waals surface area contributed by atoms with Crippen LogP contribution in [0.15, 0.2) is 65.0 Å². The summed E-state index contributed by atoms with van der Waals surface area (Å²) in [6.07, 6.45) is 4.67. The molecule has 3 aromatic rings. The number of likely N-dealkylation sites (tertiary alicyclic amines) is 1. The van der Waals surface area contributed by atoms with Crippen LogP contribution in [-0.4, -0.2) is 33.8 Å². The molecule has 1 saturated heterocycles. The first-order valence-corrected chi connectivity index (χ1v) is 9.78. The van der Waals surface area contributed by atoms with E-state index in [0.717, 1.165) is 11.1 Å². The lowest BCUT2D eigenvalue weighted by Gasteiger charge is -2.24. The van der Waals surface area contributed by atoms with Crippen molar-refractivity contribution in [2.45, 2.75) is 26.4 Å². The molecule has 0 radical (unpaired) electrons. The number of aliphatic hydroxyl groups excluding tert-OH is 1. The van der Waals surface area contributed by atoms with E-state index in [1.165, 1.54) is 18.3 Å². The summed E-state index contributed by atoms with van der Waals surface area (Å²) in [7, 11) is 1.50. The SMILES string of the molecule is COc1c(C)cc(C)cc1/C(O)=C1\C(=O)C(=O)N(Cc2ccco2)C1c1ccncc1. The van der Waals surface area contributed by atoms with Gasteiger partial charge in [-0.3, -0.25) is 14.6 Å². The standard InChI is InChI=1S/C24H22N2O5/c1-14-11-15(2)23(30-3)18(12-14)21(27)19-20(16-6-8-25-9-7-16)26(24(29)22(19)28)13-17-5-4-10-31-17/h4-12,20,27H,13H2,1-3H3/b21-19+. The third-order valence-electron chi connectivity index (χ3n) is 5.35. The molecule has 1 unspecified atom stereocenters. The second kappa shape index (κ2) is 8.10. The Morgan fingerprint density at radius 1 is 1.19 bits per heavy atom. The van der Waals surface area contributed by atoms with E-state index >= 15 is 0 Å². The highest BCUT2D eigenvalue weighted by Gasteiger charge is 2.46. The summed E-state index contributed by atoms with van der Waals surface area (Å²) in [4.78, 5) is 31.5. The number of benzene rings is 1. The molecule has 7 heteroatoms. The van der Waals surface area contributed by atoms with Gasteiger partial charge in [0.2, 0.25) is 0 Å². The molecule has 1 aliphatic rings. The molecule has 1 atom stereocenters. The van der Waals surface area contributed by atoms with Crippen LogP contribution in [0, 0.1) is 13.8 Å². The number of hydrogen-bond acceptors (Lipinski definition) is 6. The highest BCUT2D eigenvalue weighted by atomic mass is 16.5. The molecule has 31 heavy (non-hydrogen) atoms. The van der Waals surface area contributed by atoms with E-state index in [9.17, 15) is 14.7 Å². The normalized spacial score (nSPS) is 17.9. The Labute approximate surface area is 179 Å². The largest absolute Gasteiger partial charge is 0.507 e. The Bertz CT molecular complexity index is 1170. The maximum Gasteiger partial charge on any atom is 0.296 e. The molecule has 1 amide bonds. The molecule has 4 rings (SSSR count). The Kier molecular flexibility index (Phi) is 5.33. The van der Waals surface area contributed by atoms with Gasteiger partial charge in [-0.25, -0.2) is 0 Å². The predicted molar refractivity (Wildman–Crippen MR) is 113 cm³/mol. The Balaban J connectivity index is 1.93. The number of ketones is 1. The molecule has 0 bridgehead atoms. The maximum atomic E-state index is 13.1. The van der Waals surface area contributed by atoms with Crippen LogP contribution < -0.4 is 4.74 Å². The zero-order chi connectivity index (χ0) is 22.1. The van der Waals surface area contributed by atoms with Crippen molar-refractivity contribution in [1.29, 1.82) is 0 Å². The zero-order valence-corrected chi connectivity index (χ0v) is 17.5. The molecule has 3 heterocycles. The number of ether oxygens (including phenoxy) is 1. The first kappa shape index (κ1) is 20.4. The smallest absolute Gasteiger partial charge is 0.296 e. The number of carbonyl (C=O) groups is 2. The molecule has 0 aliphatic carbocycles. The van der Waals surface area contributed by atoms with Crippen molar-refractivity contribution >= 4 is 17.4 Å². The monoisotopic (exact) mass is 418 g/mol. The van der Waals surface area contributed by atoms with Crippen molar-refractivity contribution in [3.63, 3.8) is 0 Å². The number of carbonyl (C=O) groups excluding carboxylic acids is 2. The van der Waals surface area contributed by atoms with Gasteiger partial charge in [0.15, 0.2) is 0 Å². The van der Waals surface area contributed by atoms with Crippen LogP contribution in [0.1, 0.15) is 34.1 Å². The van der Waals surface area contributed by atoms with E-state index in [1.807, 2.05) is 19.9 Å². The Morgan fingerprint density at radius 3 is 2.58 bits per heavy atom. The quantitative estimate of drug-likeness (QED) is 0.384. The predicted octanol–water partition coefficient (Wildman–Crippen LogP) is 3.92. The van der Waals surface area contributed by atoms with Crippen molar-refractivity contribution < 1.29 is 23.8 Å². The van der Waals surface area contributed by atoms with Crippen LogP contribution in [0.4, 0.5) is 0 Å². The minimum Gasteiger partial charge on any atom is -0.507 e. The van der Waals surface area contributed by atoms with Crippen molar-refractivity contribution in [2.24, 2.45) is 0 Å². The van der Waals surface area contributed by atoms with Crippen molar-refractivity contribution in [2.75, 3.05) is 7.11 Å². The Hall–Kier alpha value is -3.87. The number of methoxy groups -OCH3 is 1. The van der Waals surface area contributed by atoms with Gasteiger partial charge in [0.05, 0.1) is 37.1 Å². The van der Waals surface area contributed by atoms with E-state index in [2.05, 4.69) is 4.98 Å². The van der Waals surface area contributed by atoms with Gasteiger partial charge in [-0.2, -0.15) is 0 Å². The van der Waals surface area contributed by atoms with Gasteiger partial charge in [0, 0.05) is 12.4 Å². The second-order valence-electron chi connectivity index (χ2n) is 7.45. The number of aryl methyl sites for hydroxylation is 2. The van der Waals surface area contributed by atoms with Crippen molar-refractivity contribution in [3.8, 4) is 5.75 Å². The number of pyridine rings is 1. The van der Waals surface area contributed by atoms with Gasteiger partial charge in [-0.15, -0.1) is 0 Å². The van der Waals surface area contributed by atoms with Gasteiger partial charge in [0.25, 0.3) is 11.7 Å². The number of aromatic nitrogens is 1. The van der Waals surface area contributed by atoms with E-state index in [1.54, 1.807) is 42.7 Å². The molecular formula is C24H22N2O5. The first-order valence-electron chi connectivity index (χ1n) is 9.78. The van der Waals surface area contributed by atoms with E-state index in [-0.39, 0.29) is 17.9 Å². The van der Waals surface area contributed by atoms with Crippen molar-refractivity contribution in [3.05, 3.63) is 88.6 Å². The van der Waals surface area contributed by atoms with Crippen LogP contribution in [0.2, 0.25) is 0 Å². The average molecular weight is 418 g/mol. The molecular weight excluding hydrogens is 396 g/mol. The molecule has 1 N–H and O–H groups in total. The minimum absolute atomic E-state index is 0.00561. The summed E-state index contributed by atoms with van der Waals surface area (Å²) < 4.78 is 10.9. The van der Waals surface area contributed by atoms with Crippen LogP contribution in [-0.2, 0) is 16.1 Å². The molecule has 7 nitrogen and oxygen atoms in total. The van der Waals surface area contributed by atoms with Crippen LogP contribution in [0.5, 0.6) is 5.75 Å². The van der Waals surface area contributed by atoms with Gasteiger partial charge < -0.3 is 19.2 Å². The molecule has 0 spiro atoms. The van der Waals surface area contributed by atoms with E-state index < -0.39 is 17.7 Å². The molecule has 158 valence electrons. The number of nitrogens with zero attached hydrogens (tertiary/aromatic N) is 2. The lowest BCUT2D eigenvalue weighted by molar-refractivity contribution is -0.140. The first-order chi connectivity index (χ1) is 14.9. The molecule has 0 saturated carbocycles. The fraction of sp³-hybridized carbons (Fsp3) is 0.208. The number of amides is 1. The minimum atomic E-state index is -0.793. The summed E-state index contributed by atoms with van der Waals surface area (Å²) in [5, 5.41) is 11.3. The average Bonchev–Trinajstić information content (AvgIpc) is 3.36. The molecule has 2 aromatic heterocycles. The number of hydrogen-bond donors (Lipinski definition) is 1. The summed E-state index contributed by atoms with van der Waals surface area (Å²) >= 11 is 0. The number of rotatable bonds is 5. The van der Waals surface area contributed by atoms with Gasteiger partial charge in [-0.05, 0) is 60.9 Å². The van der Waals surface area contributed by atoms with Crippen molar-refractivity contribution in [1.82, 2.24) is 9.88 Å². The second-order valence-corrected chi connectivity index (χ2v) is 7.45. The fourth-order valence-electron chi connectivity index (χ4n) is 4.05. The Morgan fingerprint density at radius 2 is 1.94 bits per heavy atom. The number of Topliss-reactive ketones (excluding diaryl/α,β-unsaturated/α-hetero) is 1. The van der Waals surface area contributed by atoms with Crippen LogP contribution in [0.3, 0.4) is 0 Å². The number of furan rings is 1. The van der Waals surface area contributed by atoms with Crippen LogP contribution in [0.25, 0.3) is 5.76 Å². The third-order valence-corrected chi connectivity index (χ3v) is 5.35. The zero-order valence-electron chi connectivity index (χ0n) is 17.5. The number of aliphatic hydroxyl groups is 1. The highest BCUT2D eigenvalue weighted by molar-refractivity contribution is 6.46. The topological polar surface area (TPSA) is 92.9 Å². The summed E-state index contributed by atoms with van der Waals surface area (Å²) in [6.45, 7) is 3.84. The summed E-state index contributed by atoms with van der Waals surface area (Å²) in [5.74, 6) is -0.750. The van der Waals surface area contributed by atoms with E-state index in [4.69, 9.17) is 9.15 Å². The van der Waals surface area contributed by atoms with Gasteiger partial charge >= 0.3 is 0 Å². The molecule has 1 aromatic carbocycles. The molecule has 1 aliphatic heterocycles. The highest BCUT2D eigenvalue weighted by Crippen LogP contribution is 2.42. The van der Waals surface area contributed by atoms with E-state index in [0.29, 0.717) is 22.6 Å². The maximum absolute atomic E-state index is 13.1. The van der Waals surface area contributed by atoms with Crippen LogP contribution >= 0.6 is 0 Å². The lowest BCUT2D eigenvalue weighted by atomic mass is 9.94. The molecule has 1 fully saturated rings. The van der Waals surface area contributed by atoms with Gasteiger partial charge in [0.1, 0.15) is 17.3 Å². The summed E-state index contributed by atoms with van der Waals surface area (Å²) in [6, 6.07) is 9.76. The lowest BCUT2D eigenvalue weighted by Crippen LogP contribution is -2.29. The summed E-state index contributed by atoms with van der Waals surface area (Å²) in [5.41, 5.74) is 2.74.